The first-order valence-electron chi connectivity index (χ1n) is 12.4. The molecule has 0 saturated heterocycles. The van der Waals surface area contributed by atoms with E-state index in [0.29, 0.717) is 30.7 Å². The minimum atomic E-state index is -0.329. The molecule has 0 amide bonds. The predicted molar refractivity (Wildman–Crippen MR) is 131 cm³/mol. The fourth-order valence-electron chi connectivity index (χ4n) is 5.60. The molecule has 2 aromatic carbocycles. The second kappa shape index (κ2) is 10.6. The van der Waals surface area contributed by atoms with Gasteiger partial charge < -0.3 is 19.5 Å². The molecular weight excluding hydrogens is 414 g/mol. The number of aliphatic hydroxyl groups is 1. The summed E-state index contributed by atoms with van der Waals surface area (Å²) in [4.78, 5) is 14.2. The van der Waals surface area contributed by atoms with Crippen LogP contribution in [0.1, 0.15) is 69.4 Å². The molecule has 2 aromatic rings. The summed E-state index contributed by atoms with van der Waals surface area (Å²) in [7, 11) is 2.11. The van der Waals surface area contributed by atoms with Crippen molar-refractivity contribution >= 4 is 11.7 Å². The maximum Gasteiger partial charge on any atom is 0.308 e. The van der Waals surface area contributed by atoms with Crippen LogP contribution in [0.25, 0.3) is 0 Å². The van der Waals surface area contributed by atoms with Gasteiger partial charge in [-0.25, -0.2) is 0 Å². The zero-order valence-electron chi connectivity index (χ0n) is 20.1. The summed E-state index contributed by atoms with van der Waals surface area (Å²) >= 11 is 0. The smallest absolute Gasteiger partial charge is 0.308 e. The zero-order chi connectivity index (χ0) is 23.4. The van der Waals surface area contributed by atoms with E-state index in [-0.39, 0.29) is 18.0 Å². The van der Waals surface area contributed by atoms with Gasteiger partial charge in [-0.2, -0.15) is 0 Å². The van der Waals surface area contributed by atoms with Gasteiger partial charge in [-0.1, -0.05) is 30.3 Å². The summed E-state index contributed by atoms with van der Waals surface area (Å²) in [5.41, 5.74) is 3.47. The maximum absolute atomic E-state index is 11.9. The van der Waals surface area contributed by atoms with Crippen molar-refractivity contribution in [1.82, 2.24) is 0 Å². The van der Waals surface area contributed by atoms with Gasteiger partial charge in [-0.15, -0.1) is 0 Å². The SMILES string of the molecule is CC(=O)Oc1cc(OCCCCCc2ccccc2)cc2c1[C@@H]1C[C@H](O)CC[C@H]1[C@H](C)N2C. The van der Waals surface area contributed by atoms with E-state index >= 15 is 0 Å². The second-order valence-electron chi connectivity index (χ2n) is 9.68. The van der Waals surface area contributed by atoms with Crippen LogP contribution in [0.2, 0.25) is 0 Å². The summed E-state index contributed by atoms with van der Waals surface area (Å²) in [6.45, 7) is 4.33. The van der Waals surface area contributed by atoms with Crippen LogP contribution in [0.5, 0.6) is 11.5 Å². The molecule has 1 heterocycles. The lowest BCUT2D eigenvalue weighted by Crippen LogP contribution is -2.46. The van der Waals surface area contributed by atoms with Gasteiger partial charge in [0.25, 0.3) is 0 Å². The Morgan fingerprint density at radius 3 is 2.67 bits per heavy atom. The number of esters is 1. The van der Waals surface area contributed by atoms with Gasteiger partial charge in [-0.3, -0.25) is 4.79 Å². The maximum atomic E-state index is 11.9. The molecular formula is C28H37NO4. The first-order valence-corrected chi connectivity index (χ1v) is 12.4. The average molecular weight is 452 g/mol. The van der Waals surface area contributed by atoms with Crippen LogP contribution in [-0.4, -0.2) is 36.9 Å². The van der Waals surface area contributed by atoms with Crippen molar-refractivity contribution in [2.24, 2.45) is 5.92 Å². The van der Waals surface area contributed by atoms with Crippen molar-refractivity contribution in [3.8, 4) is 11.5 Å². The molecule has 0 unspecified atom stereocenters. The van der Waals surface area contributed by atoms with Crippen LogP contribution >= 0.6 is 0 Å². The Bertz CT molecular complexity index is 944. The van der Waals surface area contributed by atoms with E-state index in [1.165, 1.54) is 12.5 Å². The van der Waals surface area contributed by atoms with Crippen LogP contribution in [-0.2, 0) is 11.2 Å². The second-order valence-corrected chi connectivity index (χ2v) is 9.68. The monoisotopic (exact) mass is 451 g/mol. The lowest BCUT2D eigenvalue weighted by Gasteiger charge is -2.48. The Morgan fingerprint density at radius 1 is 1.12 bits per heavy atom. The molecule has 1 N–H and O–H groups in total. The van der Waals surface area contributed by atoms with E-state index in [9.17, 15) is 9.90 Å². The van der Waals surface area contributed by atoms with Crippen LogP contribution in [0, 0.1) is 5.92 Å². The van der Waals surface area contributed by atoms with Crippen LogP contribution in [0.4, 0.5) is 5.69 Å². The summed E-state index contributed by atoms with van der Waals surface area (Å²) in [5.74, 6) is 1.63. The first-order chi connectivity index (χ1) is 15.9. The van der Waals surface area contributed by atoms with Crippen molar-refractivity contribution in [2.75, 3.05) is 18.6 Å². The molecule has 1 fully saturated rings. The Labute approximate surface area is 197 Å². The largest absolute Gasteiger partial charge is 0.493 e. The van der Waals surface area contributed by atoms with E-state index in [1.54, 1.807) is 0 Å². The molecule has 178 valence electrons. The Morgan fingerprint density at radius 2 is 1.91 bits per heavy atom. The fourth-order valence-corrected chi connectivity index (χ4v) is 5.60. The van der Waals surface area contributed by atoms with Crippen molar-refractivity contribution in [1.29, 1.82) is 0 Å². The quantitative estimate of drug-likeness (QED) is 0.327. The number of rotatable bonds is 8. The summed E-state index contributed by atoms with van der Waals surface area (Å²) < 4.78 is 11.8. The lowest BCUT2D eigenvalue weighted by molar-refractivity contribution is -0.131. The number of anilines is 1. The molecule has 0 aromatic heterocycles. The predicted octanol–water partition coefficient (Wildman–Crippen LogP) is 5.49. The molecule has 0 spiro atoms. The minimum absolute atomic E-state index is 0.191. The number of fused-ring (bicyclic) bond motifs is 3. The Hall–Kier alpha value is -2.53. The molecule has 1 saturated carbocycles. The molecule has 2 aliphatic rings. The number of aliphatic hydroxyl groups excluding tert-OH is 1. The highest BCUT2D eigenvalue weighted by Gasteiger charge is 2.43. The molecule has 0 bridgehead atoms. The number of unbranched alkanes of at least 4 members (excludes halogenated alkanes) is 2. The van der Waals surface area contributed by atoms with Crippen molar-refractivity contribution in [3.05, 3.63) is 53.6 Å². The van der Waals surface area contributed by atoms with E-state index in [2.05, 4.69) is 55.3 Å². The lowest BCUT2D eigenvalue weighted by atomic mass is 9.68. The number of hydrogen-bond acceptors (Lipinski definition) is 5. The number of carbonyl (C=O) groups is 1. The third-order valence-electron chi connectivity index (χ3n) is 7.43. The minimum Gasteiger partial charge on any atom is -0.493 e. The van der Waals surface area contributed by atoms with Gasteiger partial charge in [0, 0.05) is 43.4 Å². The number of hydrogen-bond donors (Lipinski definition) is 1. The third-order valence-corrected chi connectivity index (χ3v) is 7.43. The van der Waals surface area contributed by atoms with Gasteiger partial charge in [-0.05, 0) is 69.3 Å². The number of ether oxygens (including phenoxy) is 2. The average Bonchev–Trinajstić information content (AvgIpc) is 2.79. The Balaban J connectivity index is 1.45. The molecule has 5 nitrogen and oxygen atoms in total. The number of benzene rings is 2. The summed E-state index contributed by atoms with van der Waals surface area (Å²) in [5, 5.41) is 10.4. The first kappa shape index (κ1) is 23.6. The van der Waals surface area contributed by atoms with Crippen LogP contribution < -0.4 is 14.4 Å². The highest BCUT2D eigenvalue weighted by molar-refractivity contribution is 5.74. The number of carbonyl (C=O) groups excluding carboxylic acids is 1. The number of aryl methyl sites for hydroxylation is 1. The van der Waals surface area contributed by atoms with E-state index in [0.717, 1.165) is 55.5 Å². The highest BCUT2D eigenvalue weighted by Crippen LogP contribution is 2.53. The van der Waals surface area contributed by atoms with E-state index in [4.69, 9.17) is 9.47 Å². The van der Waals surface area contributed by atoms with Crippen LogP contribution in [0.3, 0.4) is 0 Å². The third kappa shape index (κ3) is 5.52. The standard InChI is InChI=1S/C28H37NO4/c1-19-24-14-13-22(31)16-25(24)28-26(29(19)3)17-23(18-27(28)33-20(2)30)32-15-9-5-8-12-21-10-6-4-7-11-21/h4,6-7,10-11,17-19,22,24-25,31H,5,8-9,12-16H2,1-3H3/t19-,22+,24-,25+/m0/s1. The summed E-state index contributed by atoms with van der Waals surface area (Å²) in [6, 6.07) is 14.9. The molecule has 1 aliphatic heterocycles. The van der Waals surface area contributed by atoms with Gasteiger partial charge in [0.05, 0.1) is 12.7 Å². The molecule has 33 heavy (non-hydrogen) atoms. The normalized spacial score (nSPS) is 24.1. The van der Waals surface area contributed by atoms with Crippen molar-refractivity contribution in [3.63, 3.8) is 0 Å². The molecule has 4 atom stereocenters. The van der Waals surface area contributed by atoms with Crippen molar-refractivity contribution in [2.45, 2.75) is 76.9 Å². The summed E-state index contributed by atoms with van der Waals surface area (Å²) in [6.07, 6.45) is 6.55. The number of nitrogens with zero attached hydrogens (tertiary/aromatic N) is 1. The van der Waals surface area contributed by atoms with E-state index < -0.39 is 0 Å². The fraction of sp³-hybridized carbons (Fsp3) is 0.536. The molecule has 0 radical (unpaired) electrons. The van der Waals surface area contributed by atoms with Gasteiger partial charge in [0.15, 0.2) is 0 Å². The molecule has 1 aliphatic carbocycles. The molecule has 5 heteroatoms. The molecule has 4 rings (SSSR count). The van der Waals surface area contributed by atoms with Crippen LogP contribution in [0.15, 0.2) is 42.5 Å². The van der Waals surface area contributed by atoms with Gasteiger partial charge in [0.2, 0.25) is 0 Å². The highest BCUT2D eigenvalue weighted by atomic mass is 16.5. The topological polar surface area (TPSA) is 59.0 Å². The van der Waals surface area contributed by atoms with E-state index in [1.807, 2.05) is 6.07 Å². The van der Waals surface area contributed by atoms with Gasteiger partial charge >= 0.3 is 5.97 Å². The van der Waals surface area contributed by atoms with Crippen molar-refractivity contribution < 1.29 is 19.4 Å². The zero-order valence-corrected chi connectivity index (χ0v) is 20.1. The Kier molecular flexibility index (Phi) is 7.59. The van der Waals surface area contributed by atoms with Gasteiger partial charge in [0.1, 0.15) is 11.5 Å².